The minimum atomic E-state index is -0.332. The average molecular weight is 467 g/mol. The first-order valence-corrected chi connectivity index (χ1v) is 11.8. The van der Waals surface area contributed by atoms with E-state index in [1.165, 1.54) is 17.6 Å². The minimum Gasteiger partial charge on any atom is -0.508 e. The zero-order chi connectivity index (χ0) is 22.4. The number of aliphatic imine (C=N–C) groups is 1. The highest BCUT2D eigenvalue weighted by Crippen LogP contribution is 2.41. The Labute approximate surface area is 195 Å². The molecule has 2 unspecified atom stereocenters. The molecule has 32 heavy (non-hydrogen) atoms. The Morgan fingerprint density at radius 1 is 1.31 bits per heavy atom. The first-order chi connectivity index (χ1) is 15.5. The Kier molecular flexibility index (Phi) is 5.39. The van der Waals surface area contributed by atoms with Crippen LogP contribution in [-0.4, -0.2) is 57.1 Å². The second kappa shape index (κ2) is 8.22. The van der Waals surface area contributed by atoms with Crippen LogP contribution in [0.25, 0.3) is 10.8 Å². The fraction of sp³-hybridized carbons (Fsp3) is 0.292. The second-order valence-electron chi connectivity index (χ2n) is 8.20. The highest BCUT2D eigenvalue weighted by Gasteiger charge is 2.33. The summed E-state index contributed by atoms with van der Waals surface area (Å²) in [4.78, 5) is 21.0. The summed E-state index contributed by atoms with van der Waals surface area (Å²) in [7, 11) is 0. The standard InChI is InChI=1S/C24H23ClN4O2S/c1-3-21(31)28-8-9-29(14(2)13-28)24-19-12-20(25)22(26-23(19)27-32-24)18-11-16(30)10-15-6-4-5-7-17(15)18/h3-7,10-11,14,20,30H,1,8-9,12-13H2,2H3. The van der Waals surface area contributed by atoms with Gasteiger partial charge in [-0.25, -0.2) is 4.99 Å². The van der Waals surface area contributed by atoms with E-state index in [0.29, 0.717) is 25.3 Å². The van der Waals surface area contributed by atoms with E-state index in [1.807, 2.05) is 29.2 Å². The minimum absolute atomic E-state index is 0.0313. The van der Waals surface area contributed by atoms with Crippen LogP contribution in [0.3, 0.4) is 0 Å². The molecule has 0 spiro atoms. The van der Waals surface area contributed by atoms with Crippen LogP contribution in [0.2, 0.25) is 0 Å². The molecule has 2 aliphatic rings. The number of nitrogens with zero attached hydrogens (tertiary/aromatic N) is 4. The number of phenolic OH excluding ortho intramolecular Hbond substituents is 1. The maximum Gasteiger partial charge on any atom is 0.246 e. The summed E-state index contributed by atoms with van der Waals surface area (Å²) in [6.07, 6.45) is 1.99. The van der Waals surface area contributed by atoms with Crippen molar-refractivity contribution >= 4 is 56.3 Å². The number of aromatic nitrogens is 1. The predicted molar refractivity (Wildman–Crippen MR) is 131 cm³/mol. The van der Waals surface area contributed by atoms with Crippen molar-refractivity contribution < 1.29 is 9.90 Å². The Hall–Kier alpha value is -2.90. The van der Waals surface area contributed by atoms with E-state index in [-0.39, 0.29) is 23.1 Å². The lowest BCUT2D eigenvalue weighted by Gasteiger charge is -2.40. The van der Waals surface area contributed by atoms with Gasteiger partial charge in [0.15, 0.2) is 5.82 Å². The van der Waals surface area contributed by atoms with Crippen molar-refractivity contribution in [3.05, 3.63) is 60.2 Å². The van der Waals surface area contributed by atoms with E-state index >= 15 is 0 Å². The molecule has 0 bridgehead atoms. The third-order valence-corrected chi connectivity index (χ3v) is 7.43. The van der Waals surface area contributed by atoms with Gasteiger partial charge in [-0.2, -0.15) is 4.37 Å². The number of benzene rings is 2. The van der Waals surface area contributed by atoms with Crippen molar-refractivity contribution in [2.45, 2.75) is 24.8 Å². The van der Waals surface area contributed by atoms with Gasteiger partial charge in [0.2, 0.25) is 5.91 Å². The van der Waals surface area contributed by atoms with E-state index in [2.05, 4.69) is 22.8 Å². The Morgan fingerprint density at radius 2 is 2.12 bits per heavy atom. The van der Waals surface area contributed by atoms with E-state index in [4.69, 9.17) is 16.6 Å². The van der Waals surface area contributed by atoms with Gasteiger partial charge in [-0.1, -0.05) is 30.8 Å². The Bertz CT molecular complexity index is 1250. The van der Waals surface area contributed by atoms with Gasteiger partial charge in [-0.3, -0.25) is 4.79 Å². The highest BCUT2D eigenvalue weighted by atomic mass is 35.5. The monoisotopic (exact) mass is 466 g/mol. The van der Waals surface area contributed by atoms with Gasteiger partial charge in [0.25, 0.3) is 0 Å². The third kappa shape index (κ3) is 3.55. The molecule has 2 atom stereocenters. The molecule has 1 amide bonds. The number of hydrogen-bond acceptors (Lipinski definition) is 6. The number of carbonyl (C=O) groups is 1. The predicted octanol–water partition coefficient (Wildman–Crippen LogP) is 4.51. The summed E-state index contributed by atoms with van der Waals surface area (Å²) in [5.74, 6) is 0.855. The summed E-state index contributed by atoms with van der Waals surface area (Å²) in [5.41, 5.74) is 2.63. The van der Waals surface area contributed by atoms with Crippen LogP contribution in [0.5, 0.6) is 5.75 Å². The van der Waals surface area contributed by atoms with Crippen molar-refractivity contribution in [2.24, 2.45) is 4.99 Å². The number of anilines is 1. The lowest BCUT2D eigenvalue weighted by atomic mass is 9.94. The van der Waals surface area contributed by atoms with Crippen molar-refractivity contribution in [1.29, 1.82) is 0 Å². The average Bonchev–Trinajstić information content (AvgIpc) is 3.19. The van der Waals surface area contributed by atoms with Gasteiger partial charge >= 0.3 is 0 Å². The van der Waals surface area contributed by atoms with Crippen LogP contribution in [0, 0.1) is 0 Å². The number of amides is 1. The largest absolute Gasteiger partial charge is 0.508 e. The van der Waals surface area contributed by atoms with Crippen LogP contribution in [-0.2, 0) is 11.2 Å². The molecule has 1 fully saturated rings. The molecule has 1 N–H and O–H groups in total. The maximum absolute atomic E-state index is 12.0. The number of rotatable bonds is 3. The zero-order valence-corrected chi connectivity index (χ0v) is 19.2. The molecule has 164 valence electrons. The number of piperazine rings is 1. The van der Waals surface area contributed by atoms with Crippen molar-refractivity contribution in [1.82, 2.24) is 9.27 Å². The molecule has 2 aliphatic heterocycles. The van der Waals surface area contributed by atoms with Gasteiger partial charge in [-0.05, 0) is 47.4 Å². The van der Waals surface area contributed by atoms with Crippen LogP contribution in [0.4, 0.5) is 10.8 Å². The maximum atomic E-state index is 12.0. The molecule has 0 radical (unpaired) electrons. The molecule has 0 aliphatic carbocycles. The first-order valence-electron chi connectivity index (χ1n) is 10.6. The van der Waals surface area contributed by atoms with Gasteiger partial charge in [0.1, 0.15) is 10.8 Å². The summed E-state index contributed by atoms with van der Waals surface area (Å²) in [6, 6.07) is 11.5. The van der Waals surface area contributed by atoms with Crippen LogP contribution >= 0.6 is 23.1 Å². The summed E-state index contributed by atoms with van der Waals surface area (Å²) < 4.78 is 4.64. The number of alkyl halides is 1. The van der Waals surface area contributed by atoms with Gasteiger partial charge in [-0.15, -0.1) is 11.6 Å². The SMILES string of the molecule is C=CC(=O)N1CCN(c2snc3c2CC(Cl)C(c2cc(O)cc4ccccc24)=N3)C(C)C1. The second-order valence-corrected chi connectivity index (χ2v) is 9.48. The molecular formula is C24H23ClN4O2S. The van der Waals surface area contributed by atoms with E-state index in [1.54, 1.807) is 12.1 Å². The number of phenols is 1. The lowest BCUT2D eigenvalue weighted by molar-refractivity contribution is -0.126. The number of halogens is 1. The molecule has 8 heteroatoms. The van der Waals surface area contributed by atoms with Gasteiger partial charge in [0.05, 0.1) is 11.1 Å². The van der Waals surface area contributed by atoms with Crippen molar-refractivity contribution in [3.63, 3.8) is 0 Å². The van der Waals surface area contributed by atoms with Crippen molar-refractivity contribution in [2.75, 3.05) is 24.5 Å². The summed E-state index contributed by atoms with van der Waals surface area (Å²) in [5, 5.41) is 12.9. The van der Waals surface area contributed by atoms with E-state index in [9.17, 15) is 9.90 Å². The summed E-state index contributed by atoms with van der Waals surface area (Å²) >= 11 is 8.30. The van der Waals surface area contributed by atoms with E-state index < -0.39 is 0 Å². The zero-order valence-electron chi connectivity index (χ0n) is 17.7. The van der Waals surface area contributed by atoms with E-state index in [0.717, 1.165) is 39.2 Å². The Morgan fingerprint density at radius 3 is 2.91 bits per heavy atom. The molecule has 5 rings (SSSR count). The van der Waals surface area contributed by atoms with Crippen molar-refractivity contribution in [3.8, 4) is 5.75 Å². The Balaban J connectivity index is 1.50. The highest BCUT2D eigenvalue weighted by molar-refractivity contribution is 7.10. The fourth-order valence-corrected chi connectivity index (χ4v) is 5.87. The number of hydrogen-bond donors (Lipinski definition) is 1. The van der Waals surface area contributed by atoms with Crippen LogP contribution < -0.4 is 4.90 Å². The van der Waals surface area contributed by atoms with Gasteiger partial charge < -0.3 is 14.9 Å². The first kappa shape index (κ1) is 21.0. The molecule has 2 aromatic carbocycles. The van der Waals surface area contributed by atoms with Gasteiger partial charge in [0, 0.05) is 43.2 Å². The number of fused-ring (bicyclic) bond motifs is 2. The smallest absolute Gasteiger partial charge is 0.246 e. The quantitative estimate of drug-likeness (QED) is 0.455. The molecule has 3 aromatic rings. The molecule has 3 heterocycles. The fourth-order valence-electron chi connectivity index (χ4n) is 4.57. The molecule has 1 saturated heterocycles. The number of aromatic hydroxyl groups is 1. The molecular weight excluding hydrogens is 444 g/mol. The topological polar surface area (TPSA) is 69.0 Å². The molecule has 6 nitrogen and oxygen atoms in total. The lowest BCUT2D eigenvalue weighted by Crippen LogP contribution is -2.53. The van der Waals surface area contributed by atoms with Crippen LogP contribution in [0.15, 0.2) is 54.0 Å². The normalized spacial score (nSPS) is 20.8. The van der Waals surface area contributed by atoms with Crippen LogP contribution in [0.1, 0.15) is 18.1 Å². The molecule has 0 saturated carbocycles. The third-order valence-electron chi connectivity index (χ3n) is 6.15. The summed E-state index contributed by atoms with van der Waals surface area (Å²) in [6.45, 7) is 7.73. The molecule has 1 aromatic heterocycles. The number of carbonyl (C=O) groups excluding carboxylic acids is 1.